The predicted octanol–water partition coefficient (Wildman–Crippen LogP) is 4.29. The third-order valence-corrected chi connectivity index (χ3v) is 3.88. The topological polar surface area (TPSA) is 38.3 Å². The molecule has 0 heterocycles. The van der Waals surface area contributed by atoms with Crippen LogP contribution in [-0.4, -0.2) is 17.6 Å². The number of rotatable bonds is 7. The van der Waals surface area contributed by atoms with Crippen LogP contribution in [0.5, 0.6) is 5.75 Å². The molecule has 0 aliphatic rings. The molecule has 0 aliphatic heterocycles. The lowest BCUT2D eigenvalue weighted by Crippen LogP contribution is -2.50. The van der Waals surface area contributed by atoms with Gasteiger partial charge in [-0.05, 0) is 56.9 Å². The van der Waals surface area contributed by atoms with Crippen molar-refractivity contribution in [2.75, 3.05) is 0 Å². The molecule has 1 atom stereocenters. The number of hydrogen-bond donors (Lipinski definition) is 1. The van der Waals surface area contributed by atoms with Crippen molar-refractivity contribution in [1.29, 1.82) is 0 Å². The fourth-order valence-electron chi connectivity index (χ4n) is 2.74. The van der Waals surface area contributed by atoms with E-state index in [0.717, 1.165) is 17.7 Å². The lowest BCUT2D eigenvalue weighted by molar-refractivity contribution is -0.129. The molecule has 0 saturated carbocycles. The van der Waals surface area contributed by atoms with Crippen LogP contribution in [0.15, 0.2) is 54.6 Å². The molecule has 0 radical (unpaired) electrons. The molecule has 2 rings (SSSR count). The predicted molar refractivity (Wildman–Crippen MR) is 98.3 cm³/mol. The normalized spacial score (nSPS) is 12.5. The zero-order valence-electron chi connectivity index (χ0n) is 15.0. The average Bonchev–Trinajstić information content (AvgIpc) is 2.52. The molecule has 0 unspecified atom stereocenters. The Bertz CT molecular complexity index is 665. The van der Waals surface area contributed by atoms with Crippen molar-refractivity contribution in [2.24, 2.45) is 0 Å². The van der Waals surface area contributed by atoms with E-state index in [1.165, 1.54) is 5.56 Å². The van der Waals surface area contributed by atoms with Gasteiger partial charge in [0, 0.05) is 5.54 Å². The van der Waals surface area contributed by atoms with Gasteiger partial charge in [-0.25, -0.2) is 0 Å². The van der Waals surface area contributed by atoms with Crippen LogP contribution in [0, 0.1) is 6.92 Å². The summed E-state index contributed by atoms with van der Waals surface area (Å²) < 4.78 is 5.89. The van der Waals surface area contributed by atoms with Crippen molar-refractivity contribution < 1.29 is 9.53 Å². The molecular weight excluding hydrogens is 298 g/mol. The lowest BCUT2D eigenvalue weighted by Gasteiger charge is -2.29. The van der Waals surface area contributed by atoms with Gasteiger partial charge in [0.05, 0.1) is 0 Å². The van der Waals surface area contributed by atoms with E-state index in [1.54, 1.807) is 0 Å². The third-order valence-electron chi connectivity index (χ3n) is 3.88. The van der Waals surface area contributed by atoms with Crippen LogP contribution in [0.2, 0.25) is 0 Å². The van der Waals surface area contributed by atoms with Crippen molar-refractivity contribution >= 4 is 5.91 Å². The summed E-state index contributed by atoms with van der Waals surface area (Å²) in [4.78, 5) is 12.6. The molecule has 0 spiro atoms. The molecule has 2 aromatic rings. The molecule has 1 amide bonds. The second-order valence-corrected chi connectivity index (χ2v) is 6.87. The summed E-state index contributed by atoms with van der Waals surface area (Å²) >= 11 is 0. The van der Waals surface area contributed by atoms with E-state index in [9.17, 15) is 4.79 Å². The smallest absolute Gasteiger partial charge is 0.261 e. The minimum Gasteiger partial charge on any atom is -0.481 e. The van der Waals surface area contributed by atoms with Gasteiger partial charge in [0.15, 0.2) is 6.10 Å². The molecule has 0 aliphatic carbocycles. The minimum absolute atomic E-state index is 0.0695. The highest BCUT2D eigenvalue weighted by Crippen LogP contribution is 2.17. The van der Waals surface area contributed by atoms with E-state index in [1.807, 2.05) is 70.2 Å². The fraction of sp³-hybridized carbons (Fsp3) is 0.381. The van der Waals surface area contributed by atoms with Crippen LogP contribution in [-0.2, 0) is 11.2 Å². The summed E-state index contributed by atoms with van der Waals surface area (Å²) in [5, 5.41) is 3.13. The number of benzene rings is 2. The molecule has 0 saturated heterocycles. The van der Waals surface area contributed by atoms with Crippen molar-refractivity contribution in [3.8, 4) is 5.75 Å². The number of carbonyl (C=O) groups excluding carboxylic acids is 1. The Hall–Kier alpha value is -2.29. The van der Waals surface area contributed by atoms with E-state index in [-0.39, 0.29) is 11.4 Å². The zero-order chi connectivity index (χ0) is 17.6. The van der Waals surface area contributed by atoms with Crippen LogP contribution >= 0.6 is 0 Å². The van der Waals surface area contributed by atoms with Gasteiger partial charge in [-0.2, -0.15) is 0 Å². The number of nitrogens with one attached hydrogen (secondary N) is 1. The van der Waals surface area contributed by atoms with Gasteiger partial charge in [0.2, 0.25) is 0 Å². The van der Waals surface area contributed by atoms with E-state index >= 15 is 0 Å². The molecule has 1 N–H and O–H groups in total. The van der Waals surface area contributed by atoms with Crippen LogP contribution in [0.1, 0.15) is 38.3 Å². The largest absolute Gasteiger partial charge is 0.481 e. The quantitative estimate of drug-likeness (QED) is 0.824. The Kier molecular flexibility index (Phi) is 6.02. The highest BCUT2D eigenvalue weighted by molar-refractivity contribution is 5.81. The molecule has 2 aromatic carbocycles. The van der Waals surface area contributed by atoms with Crippen LogP contribution in [0.3, 0.4) is 0 Å². The number of aryl methyl sites for hydroxylation is 1. The summed E-state index contributed by atoms with van der Waals surface area (Å²) in [5.41, 5.74) is 1.99. The van der Waals surface area contributed by atoms with Crippen molar-refractivity contribution in [3.05, 3.63) is 65.7 Å². The Balaban J connectivity index is 2.00. The molecule has 0 aromatic heterocycles. The first-order valence-electron chi connectivity index (χ1n) is 8.49. The number of hydrogen-bond acceptors (Lipinski definition) is 2. The first-order chi connectivity index (χ1) is 11.4. The monoisotopic (exact) mass is 325 g/mol. The van der Waals surface area contributed by atoms with Gasteiger partial charge in [-0.3, -0.25) is 4.79 Å². The van der Waals surface area contributed by atoms with Crippen molar-refractivity contribution in [1.82, 2.24) is 5.32 Å². The Labute approximate surface area is 145 Å². The molecule has 3 heteroatoms. The van der Waals surface area contributed by atoms with Gasteiger partial charge in [0.25, 0.3) is 5.91 Å². The summed E-state index contributed by atoms with van der Waals surface area (Å²) in [6.07, 6.45) is 0.920. The Morgan fingerprint density at radius 1 is 1.12 bits per heavy atom. The van der Waals surface area contributed by atoms with Gasteiger partial charge in [-0.15, -0.1) is 0 Å². The molecular formula is C21H27NO2. The van der Waals surface area contributed by atoms with Gasteiger partial charge < -0.3 is 10.1 Å². The van der Waals surface area contributed by atoms with Crippen molar-refractivity contribution in [2.45, 2.75) is 52.2 Å². The molecule has 128 valence electrons. The summed E-state index contributed by atoms with van der Waals surface area (Å²) in [5.74, 6) is 0.665. The average molecular weight is 325 g/mol. The lowest BCUT2D eigenvalue weighted by atomic mass is 9.94. The minimum atomic E-state index is -0.484. The molecule has 0 bridgehead atoms. The Morgan fingerprint density at radius 2 is 1.83 bits per heavy atom. The fourth-order valence-corrected chi connectivity index (χ4v) is 2.74. The Morgan fingerprint density at radius 3 is 2.46 bits per heavy atom. The summed E-state index contributed by atoms with van der Waals surface area (Å²) in [6, 6.07) is 18.0. The highest BCUT2D eigenvalue weighted by atomic mass is 16.5. The van der Waals surface area contributed by atoms with E-state index in [2.05, 4.69) is 17.4 Å². The van der Waals surface area contributed by atoms with Crippen LogP contribution < -0.4 is 10.1 Å². The summed E-state index contributed by atoms with van der Waals surface area (Å²) in [7, 11) is 0. The summed E-state index contributed by atoms with van der Waals surface area (Å²) in [6.45, 7) is 8.05. The maximum atomic E-state index is 12.6. The van der Waals surface area contributed by atoms with Crippen LogP contribution in [0.25, 0.3) is 0 Å². The van der Waals surface area contributed by atoms with E-state index in [4.69, 9.17) is 4.74 Å². The second-order valence-electron chi connectivity index (χ2n) is 6.87. The van der Waals surface area contributed by atoms with Gasteiger partial charge in [0.1, 0.15) is 5.75 Å². The van der Waals surface area contributed by atoms with Gasteiger partial charge in [-0.1, -0.05) is 49.4 Å². The number of ether oxygens (including phenoxy) is 1. The standard InChI is InChI=1S/C21H27NO2/c1-5-19(24-18-13-9-10-16(2)14-18)20(23)22-21(3,4)15-17-11-7-6-8-12-17/h6-14,19H,5,15H2,1-4H3,(H,22,23)/t19-/m0/s1. The maximum Gasteiger partial charge on any atom is 0.261 e. The molecule has 24 heavy (non-hydrogen) atoms. The second kappa shape index (κ2) is 8.00. The number of carbonyl (C=O) groups is 1. The zero-order valence-corrected chi connectivity index (χ0v) is 15.0. The van der Waals surface area contributed by atoms with Crippen molar-refractivity contribution in [3.63, 3.8) is 0 Å². The third kappa shape index (κ3) is 5.41. The van der Waals surface area contributed by atoms with Crippen LogP contribution in [0.4, 0.5) is 0 Å². The number of amides is 1. The molecule has 3 nitrogen and oxygen atoms in total. The van der Waals surface area contributed by atoms with Gasteiger partial charge >= 0.3 is 0 Å². The molecule has 0 fully saturated rings. The highest BCUT2D eigenvalue weighted by Gasteiger charge is 2.26. The van der Waals surface area contributed by atoms with E-state index < -0.39 is 6.10 Å². The SMILES string of the molecule is CC[C@H](Oc1cccc(C)c1)C(=O)NC(C)(C)Cc1ccccc1. The first-order valence-corrected chi connectivity index (χ1v) is 8.49. The van der Waals surface area contributed by atoms with E-state index in [0.29, 0.717) is 6.42 Å². The maximum absolute atomic E-state index is 12.6. The first kappa shape index (κ1) is 18.1.